The van der Waals surface area contributed by atoms with E-state index in [1.807, 2.05) is 0 Å². The molecule has 1 saturated carbocycles. The predicted octanol–water partition coefficient (Wildman–Crippen LogP) is 4.40. The van der Waals surface area contributed by atoms with Crippen LogP contribution in [-0.4, -0.2) is 23.5 Å². The van der Waals surface area contributed by atoms with Gasteiger partial charge in [0.2, 0.25) is 0 Å². The number of aromatic nitrogens is 1. The van der Waals surface area contributed by atoms with E-state index in [9.17, 15) is 0 Å². The minimum absolute atomic E-state index is 0. The van der Waals surface area contributed by atoms with Crippen LogP contribution in [0.2, 0.25) is 0 Å². The Bertz CT molecular complexity index is 495. The van der Waals surface area contributed by atoms with Crippen molar-refractivity contribution in [1.82, 2.24) is 15.6 Å². The van der Waals surface area contributed by atoms with Gasteiger partial charge < -0.3 is 10.6 Å². The summed E-state index contributed by atoms with van der Waals surface area (Å²) >= 11 is 1.75. The largest absolute Gasteiger partial charge is 0.357 e. The van der Waals surface area contributed by atoms with Gasteiger partial charge >= 0.3 is 0 Å². The molecule has 1 heterocycles. The third kappa shape index (κ3) is 6.57. The van der Waals surface area contributed by atoms with Gasteiger partial charge in [-0.05, 0) is 51.9 Å². The summed E-state index contributed by atoms with van der Waals surface area (Å²) in [7, 11) is 0. The number of thiazole rings is 1. The Morgan fingerprint density at radius 2 is 1.96 bits per heavy atom. The maximum Gasteiger partial charge on any atom is 0.191 e. The van der Waals surface area contributed by atoms with E-state index in [1.54, 1.807) is 11.3 Å². The summed E-state index contributed by atoms with van der Waals surface area (Å²) < 4.78 is 0. The molecule has 0 spiro atoms. The van der Waals surface area contributed by atoms with Crippen LogP contribution in [0.3, 0.4) is 0 Å². The number of nitrogens with one attached hydrogen (secondary N) is 2. The van der Waals surface area contributed by atoms with E-state index in [0.717, 1.165) is 23.2 Å². The first-order valence-corrected chi connectivity index (χ1v) is 9.19. The molecule has 0 radical (unpaired) electrons. The van der Waals surface area contributed by atoms with Crippen molar-refractivity contribution >= 4 is 41.3 Å². The number of hydrogen-bond donors (Lipinski definition) is 2. The first-order chi connectivity index (χ1) is 10.4. The third-order valence-electron chi connectivity index (χ3n) is 4.47. The quantitative estimate of drug-likeness (QED) is 0.406. The van der Waals surface area contributed by atoms with Crippen LogP contribution in [0, 0.1) is 19.3 Å². The summed E-state index contributed by atoms with van der Waals surface area (Å²) in [4.78, 5) is 10.6. The van der Waals surface area contributed by atoms with Crippen molar-refractivity contribution in [2.45, 2.75) is 72.9 Å². The fourth-order valence-corrected chi connectivity index (χ4v) is 3.67. The number of aryl methyl sites for hydroxylation is 2. The Labute approximate surface area is 162 Å². The van der Waals surface area contributed by atoms with Gasteiger partial charge in [-0.15, -0.1) is 35.3 Å². The molecular weight excluding hydrogens is 419 g/mol. The highest BCUT2D eigenvalue weighted by molar-refractivity contribution is 14.0. The van der Waals surface area contributed by atoms with Gasteiger partial charge in [-0.1, -0.05) is 13.8 Å². The number of guanidine groups is 1. The monoisotopic (exact) mass is 450 g/mol. The van der Waals surface area contributed by atoms with Crippen molar-refractivity contribution in [2.24, 2.45) is 10.4 Å². The van der Waals surface area contributed by atoms with Crippen LogP contribution in [-0.2, 0) is 6.54 Å². The Kier molecular flexibility index (Phi) is 8.27. The summed E-state index contributed by atoms with van der Waals surface area (Å²) in [5, 5.41) is 8.05. The first-order valence-electron chi connectivity index (χ1n) is 8.37. The molecule has 2 N–H and O–H groups in total. The fraction of sp³-hybridized carbons (Fsp3) is 0.765. The van der Waals surface area contributed by atoms with Crippen LogP contribution < -0.4 is 10.6 Å². The van der Waals surface area contributed by atoms with E-state index in [0.29, 0.717) is 18.0 Å². The van der Waals surface area contributed by atoms with Crippen molar-refractivity contribution in [3.8, 4) is 0 Å². The van der Waals surface area contributed by atoms with Gasteiger partial charge in [-0.25, -0.2) is 9.98 Å². The molecule has 23 heavy (non-hydrogen) atoms. The van der Waals surface area contributed by atoms with Crippen molar-refractivity contribution in [2.75, 3.05) is 6.54 Å². The van der Waals surface area contributed by atoms with Crippen LogP contribution in [0.4, 0.5) is 0 Å². The molecule has 0 aliphatic heterocycles. The summed E-state index contributed by atoms with van der Waals surface area (Å²) in [6, 6.07) is 0.547. The zero-order valence-electron chi connectivity index (χ0n) is 15.0. The molecule has 0 amide bonds. The Morgan fingerprint density at radius 3 is 2.48 bits per heavy atom. The van der Waals surface area contributed by atoms with Crippen LogP contribution in [0.1, 0.15) is 62.0 Å². The van der Waals surface area contributed by atoms with E-state index in [1.165, 1.54) is 30.6 Å². The highest BCUT2D eigenvalue weighted by atomic mass is 127. The third-order valence-corrected chi connectivity index (χ3v) is 5.53. The molecular formula is C17H31IN4S. The van der Waals surface area contributed by atoms with Crippen molar-refractivity contribution in [1.29, 1.82) is 0 Å². The number of rotatable bonds is 4. The molecule has 1 fully saturated rings. The molecule has 0 saturated heterocycles. The highest BCUT2D eigenvalue weighted by Gasteiger charge is 2.27. The topological polar surface area (TPSA) is 49.3 Å². The van der Waals surface area contributed by atoms with E-state index in [2.05, 4.69) is 50.2 Å². The molecule has 2 rings (SSSR count). The van der Waals surface area contributed by atoms with Gasteiger partial charge in [-0.3, -0.25) is 0 Å². The van der Waals surface area contributed by atoms with Gasteiger partial charge in [0.25, 0.3) is 0 Å². The molecule has 132 valence electrons. The maximum absolute atomic E-state index is 4.71. The summed E-state index contributed by atoms with van der Waals surface area (Å²) in [5.74, 6) is 0.928. The Balaban J connectivity index is 0.00000264. The summed E-state index contributed by atoms with van der Waals surface area (Å²) in [6.07, 6.45) is 5.03. The molecule has 0 aromatic carbocycles. The molecule has 1 aliphatic rings. The summed E-state index contributed by atoms with van der Waals surface area (Å²) in [6.45, 7) is 12.6. The van der Waals surface area contributed by atoms with Crippen LogP contribution >= 0.6 is 35.3 Å². The predicted molar refractivity (Wildman–Crippen MR) is 111 cm³/mol. The van der Waals surface area contributed by atoms with E-state index in [4.69, 9.17) is 4.99 Å². The number of nitrogens with zero attached hydrogens (tertiary/aromatic N) is 2. The van der Waals surface area contributed by atoms with E-state index < -0.39 is 0 Å². The molecule has 1 aliphatic carbocycles. The Hall–Kier alpha value is -0.370. The second kappa shape index (κ2) is 9.20. The van der Waals surface area contributed by atoms with Gasteiger partial charge in [0.05, 0.1) is 12.2 Å². The second-order valence-corrected chi connectivity index (χ2v) is 8.31. The van der Waals surface area contributed by atoms with Crippen LogP contribution in [0.15, 0.2) is 4.99 Å². The zero-order valence-corrected chi connectivity index (χ0v) is 18.2. The molecule has 0 unspecified atom stereocenters. The second-order valence-electron chi connectivity index (χ2n) is 7.03. The summed E-state index contributed by atoms with van der Waals surface area (Å²) in [5.41, 5.74) is 1.63. The first kappa shape index (κ1) is 20.7. The van der Waals surface area contributed by atoms with Crippen LogP contribution in [0.25, 0.3) is 0 Å². The molecule has 1 aromatic heterocycles. The lowest BCUT2D eigenvalue weighted by atomic mass is 9.75. The minimum atomic E-state index is 0. The van der Waals surface area contributed by atoms with Crippen molar-refractivity contribution in [3.05, 3.63) is 15.6 Å². The lowest BCUT2D eigenvalue weighted by molar-refractivity contribution is 0.216. The molecule has 0 atom stereocenters. The molecule has 0 bridgehead atoms. The minimum Gasteiger partial charge on any atom is -0.357 e. The number of aliphatic imine (C=N–C) groups is 1. The van der Waals surface area contributed by atoms with Crippen molar-refractivity contribution < 1.29 is 0 Å². The highest BCUT2D eigenvalue weighted by Crippen LogP contribution is 2.34. The fourth-order valence-electron chi connectivity index (χ4n) is 2.81. The molecule has 1 aromatic rings. The maximum atomic E-state index is 4.71. The van der Waals surface area contributed by atoms with E-state index >= 15 is 0 Å². The standard InChI is InChI=1S/C17H30N4S.HI/c1-6-18-16(19-11-15-20-12(2)13(3)22-15)21-14-7-9-17(4,5)10-8-14;/h14H,6-11H2,1-5H3,(H2,18,19,21);1H. The number of hydrogen-bond acceptors (Lipinski definition) is 3. The van der Waals surface area contributed by atoms with Crippen LogP contribution in [0.5, 0.6) is 0 Å². The Morgan fingerprint density at radius 1 is 1.30 bits per heavy atom. The SMILES string of the molecule is CCNC(=NCc1nc(C)c(C)s1)NC1CCC(C)(C)CC1.I. The van der Waals surface area contributed by atoms with Gasteiger partial charge in [0.1, 0.15) is 5.01 Å². The molecule has 6 heteroatoms. The zero-order chi connectivity index (χ0) is 16.2. The molecule has 4 nitrogen and oxygen atoms in total. The van der Waals surface area contributed by atoms with Gasteiger partial charge in [-0.2, -0.15) is 0 Å². The average molecular weight is 450 g/mol. The van der Waals surface area contributed by atoms with Crippen molar-refractivity contribution in [3.63, 3.8) is 0 Å². The van der Waals surface area contributed by atoms with E-state index in [-0.39, 0.29) is 24.0 Å². The van der Waals surface area contributed by atoms with Gasteiger partial charge in [0, 0.05) is 17.5 Å². The lowest BCUT2D eigenvalue weighted by Crippen LogP contribution is -2.45. The van der Waals surface area contributed by atoms with Gasteiger partial charge in [0.15, 0.2) is 5.96 Å². The normalized spacial score (nSPS) is 18.4. The smallest absolute Gasteiger partial charge is 0.191 e. The lowest BCUT2D eigenvalue weighted by Gasteiger charge is -2.35. The number of halogens is 1. The average Bonchev–Trinajstić information content (AvgIpc) is 2.78.